The Balaban J connectivity index is 2.08. The van der Waals surface area contributed by atoms with Gasteiger partial charge in [0.25, 0.3) is 11.8 Å². The van der Waals surface area contributed by atoms with Crippen molar-refractivity contribution in [1.29, 1.82) is 0 Å². The van der Waals surface area contributed by atoms with Gasteiger partial charge in [0.15, 0.2) is 0 Å². The normalized spacial score (nSPS) is 13.9. The number of alkyl halides is 3. The van der Waals surface area contributed by atoms with Crippen molar-refractivity contribution in [1.82, 2.24) is 9.96 Å². The van der Waals surface area contributed by atoms with Gasteiger partial charge in [-0.2, -0.15) is 13.2 Å². The second kappa shape index (κ2) is 8.10. The monoisotopic (exact) mass is 416 g/mol. The Hall–Kier alpha value is -3.11. The standard InChI is InChI=1S/C18H19F3N2O6/c1-17(2,3)28-16(27)22(9-8-18(19,20)21)10-13(24)29-23-14(25)11-6-4-5-7-12(11)15(23)26/h4-7H,8-10H2,1-3H3. The molecule has 0 spiro atoms. The summed E-state index contributed by atoms with van der Waals surface area (Å²) in [5.74, 6) is -3.05. The fraction of sp³-hybridized carbons (Fsp3) is 0.444. The van der Waals surface area contributed by atoms with E-state index in [4.69, 9.17) is 9.57 Å². The summed E-state index contributed by atoms with van der Waals surface area (Å²) in [6, 6.07) is 5.74. The minimum atomic E-state index is -4.58. The Morgan fingerprint density at radius 2 is 1.55 bits per heavy atom. The zero-order chi connectivity index (χ0) is 22.0. The number of hydroxylamine groups is 2. The van der Waals surface area contributed by atoms with Crippen LogP contribution in [0, 0.1) is 0 Å². The molecule has 0 aromatic heterocycles. The summed E-state index contributed by atoms with van der Waals surface area (Å²) in [6.45, 7) is 2.70. The van der Waals surface area contributed by atoms with E-state index in [0.717, 1.165) is 0 Å². The second-order valence-corrected chi connectivity index (χ2v) is 7.18. The van der Waals surface area contributed by atoms with Crippen molar-refractivity contribution in [3.8, 4) is 0 Å². The molecule has 11 heteroatoms. The average molecular weight is 416 g/mol. The molecule has 0 saturated carbocycles. The molecule has 0 bridgehead atoms. The Labute approximate surface area is 164 Å². The van der Waals surface area contributed by atoms with Crippen LogP contribution in [0.15, 0.2) is 24.3 Å². The van der Waals surface area contributed by atoms with E-state index in [0.29, 0.717) is 4.90 Å². The summed E-state index contributed by atoms with van der Waals surface area (Å²) in [4.78, 5) is 53.9. The molecular weight excluding hydrogens is 397 g/mol. The number of carbonyl (C=O) groups is 4. The van der Waals surface area contributed by atoms with Crippen molar-refractivity contribution < 1.29 is 41.9 Å². The number of amides is 3. The molecule has 0 N–H and O–H groups in total. The highest BCUT2D eigenvalue weighted by Crippen LogP contribution is 2.23. The maximum Gasteiger partial charge on any atom is 0.410 e. The SMILES string of the molecule is CC(C)(C)OC(=O)N(CCC(F)(F)F)CC(=O)ON1C(=O)c2ccccc2C1=O. The highest BCUT2D eigenvalue weighted by Gasteiger charge is 2.39. The predicted octanol–water partition coefficient (Wildman–Crippen LogP) is 2.93. The summed E-state index contributed by atoms with van der Waals surface area (Å²) in [5, 5.41) is 0.212. The molecule has 8 nitrogen and oxygen atoms in total. The van der Waals surface area contributed by atoms with E-state index in [1.807, 2.05) is 0 Å². The molecule has 158 valence electrons. The van der Waals surface area contributed by atoms with Gasteiger partial charge < -0.3 is 9.57 Å². The zero-order valence-electron chi connectivity index (χ0n) is 15.9. The van der Waals surface area contributed by atoms with Crippen LogP contribution in [0.4, 0.5) is 18.0 Å². The van der Waals surface area contributed by atoms with Gasteiger partial charge in [0, 0.05) is 6.54 Å². The van der Waals surface area contributed by atoms with E-state index in [1.54, 1.807) is 0 Å². The summed E-state index contributed by atoms with van der Waals surface area (Å²) >= 11 is 0. The molecule has 3 amide bonds. The molecule has 0 fully saturated rings. The van der Waals surface area contributed by atoms with Crippen LogP contribution in [-0.2, 0) is 14.4 Å². The maximum atomic E-state index is 12.5. The third-order valence-electron chi connectivity index (χ3n) is 3.59. The number of hydrogen-bond donors (Lipinski definition) is 0. The van der Waals surface area contributed by atoms with Crippen LogP contribution in [0.2, 0.25) is 0 Å². The number of rotatable bonds is 5. The van der Waals surface area contributed by atoms with Crippen molar-refractivity contribution in [2.24, 2.45) is 0 Å². The summed E-state index contributed by atoms with van der Waals surface area (Å²) < 4.78 is 42.6. The molecule has 0 aliphatic carbocycles. The number of carbonyl (C=O) groups excluding carboxylic acids is 4. The fourth-order valence-corrected chi connectivity index (χ4v) is 2.36. The van der Waals surface area contributed by atoms with E-state index >= 15 is 0 Å². The van der Waals surface area contributed by atoms with Crippen molar-refractivity contribution >= 4 is 23.9 Å². The molecule has 2 rings (SSSR count). The van der Waals surface area contributed by atoms with Crippen molar-refractivity contribution in [3.63, 3.8) is 0 Å². The number of hydrogen-bond acceptors (Lipinski definition) is 6. The summed E-state index contributed by atoms with van der Waals surface area (Å²) in [7, 11) is 0. The lowest BCUT2D eigenvalue weighted by Gasteiger charge is -2.27. The van der Waals surface area contributed by atoms with Crippen molar-refractivity contribution in [2.45, 2.75) is 39.0 Å². The van der Waals surface area contributed by atoms with E-state index in [2.05, 4.69) is 0 Å². The number of ether oxygens (including phenoxy) is 1. The summed E-state index contributed by atoms with van der Waals surface area (Å²) in [6.07, 6.45) is -7.12. The number of fused-ring (bicyclic) bond motifs is 1. The van der Waals surface area contributed by atoms with Crippen molar-refractivity contribution in [2.75, 3.05) is 13.1 Å². The lowest BCUT2D eigenvalue weighted by molar-refractivity contribution is -0.170. The van der Waals surface area contributed by atoms with Crippen LogP contribution in [0.3, 0.4) is 0 Å². The Morgan fingerprint density at radius 3 is 2.00 bits per heavy atom. The van der Waals surface area contributed by atoms with Crippen LogP contribution in [0.1, 0.15) is 47.9 Å². The molecule has 0 atom stereocenters. The van der Waals surface area contributed by atoms with Gasteiger partial charge >= 0.3 is 18.2 Å². The van der Waals surface area contributed by atoms with Crippen molar-refractivity contribution in [3.05, 3.63) is 35.4 Å². The Morgan fingerprint density at radius 1 is 1.03 bits per heavy atom. The molecular formula is C18H19F3N2O6. The lowest BCUT2D eigenvalue weighted by Crippen LogP contribution is -2.43. The molecule has 1 heterocycles. The van der Waals surface area contributed by atoms with Gasteiger partial charge in [0.1, 0.15) is 12.1 Å². The van der Waals surface area contributed by atoms with E-state index < -0.39 is 55.2 Å². The average Bonchev–Trinajstić information content (AvgIpc) is 2.81. The maximum absolute atomic E-state index is 12.5. The van der Waals surface area contributed by atoms with E-state index in [-0.39, 0.29) is 16.2 Å². The topological polar surface area (TPSA) is 93.2 Å². The molecule has 1 aromatic carbocycles. The van der Waals surface area contributed by atoms with Gasteiger partial charge in [-0.05, 0) is 32.9 Å². The first-order valence-corrected chi connectivity index (χ1v) is 8.52. The molecule has 1 aliphatic rings. The molecule has 0 radical (unpaired) electrons. The van der Waals surface area contributed by atoms with Gasteiger partial charge in [-0.1, -0.05) is 17.2 Å². The lowest BCUT2D eigenvalue weighted by atomic mass is 10.1. The van der Waals surface area contributed by atoms with Crippen LogP contribution >= 0.6 is 0 Å². The minimum Gasteiger partial charge on any atom is -0.444 e. The van der Waals surface area contributed by atoms with Gasteiger partial charge in [-0.3, -0.25) is 14.5 Å². The smallest absolute Gasteiger partial charge is 0.410 e. The predicted molar refractivity (Wildman–Crippen MR) is 91.5 cm³/mol. The van der Waals surface area contributed by atoms with Gasteiger partial charge in [0.05, 0.1) is 17.5 Å². The first-order valence-electron chi connectivity index (χ1n) is 8.52. The quantitative estimate of drug-likeness (QED) is 0.686. The first kappa shape index (κ1) is 22.2. The number of halogens is 3. The fourth-order valence-electron chi connectivity index (χ4n) is 2.36. The van der Waals surface area contributed by atoms with Crippen LogP contribution in [0.25, 0.3) is 0 Å². The molecule has 0 unspecified atom stereocenters. The first-order chi connectivity index (χ1) is 13.3. The zero-order valence-corrected chi connectivity index (χ0v) is 15.9. The highest BCUT2D eigenvalue weighted by molar-refractivity contribution is 6.20. The molecule has 1 aliphatic heterocycles. The number of benzene rings is 1. The third kappa shape index (κ3) is 5.93. The van der Waals surface area contributed by atoms with Crippen LogP contribution in [0.5, 0.6) is 0 Å². The second-order valence-electron chi connectivity index (χ2n) is 7.18. The number of nitrogens with zero attached hydrogens (tertiary/aromatic N) is 2. The van der Waals surface area contributed by atoms with Crippen LogP contribution < -0.4 is 0 Å². The van der Waals surface area contributed by atoms with Crippen LogP contribution in [-0.4, -0.2) is 58.7 Å². The largest absolute Gasteiger partial charge is 0.444 e. The molecule has 1 aromatic rings. The van der Waals surface area contributed by atoms with Gasteiger partial charge in [0.2, 0.25) is 0 Å². The van der Waals surface area contributed by atoms with E-state index in [1.165, 1.54) is 45.0 Å². The Kier molecular flexibility index (Phi) is 6.19. The molecule has 0 saturated heterocycles. The highest BCUT2D eigenvalue weighted by atomic mass is 19.4. The summed E-state index contributed by atoms with van der Waals surface area (Å²) in [5.41, 5.74) is -0.974. The number of imide groups is 1. The minimum absolute atomic E-state index is 0.0198. The van der Waals surface area contributed by atoms with E-state index in [9.17, 15) is 32.3 Å². The molecule has 29 heavy (non-hydrogen) atoms. The third-order valence-corrected chi connectivity index (χ3v) is 3.59. The van der Waals surface area contributed by atoms with Gasteiger partial charge in [-0.15, -0.1) is 0 Å². The Bertz CT molecular complexity index is 797. The van der Waals surface area contributed by atoms with Gasteiger partial charge in [-0.25, -0.2) is 9.59 Å².